The minimum Gasteiger partial charge on any atom is -0.350 e. The van der Waals surface area contributed by atoms with Crippen molar-refractivity contribution in [3.8, 4) is 11.3 Å². The minimum atomic E-state index is -0.162. The molecular formula is C24H25N3O3. The van der Waals surface area contributed by atoms with Crippen LogP contribution in [0.25, 0.3) is 11.3 Å². The van der Waals surface area contributed by atoms with Crippen LogP contribution in [0.5, 0.6) is 0 Å². The summed E-state index contributed by atoms with van der Waals surface area (Å²) in [6, 6.07) is 17.2. The average Bonchev–Trinajstić information content (AvgIpc) is 3.25. The molecule has 154 valence electrons. The van der Waals surface area contributed by atoms with Crippen molar-refractivity contribution in [2.24, 2.45) is 0 Å². The second-order valence-electron chi connectivity index (χ2n) is 7.80. The van der Waals surface area contributed by atoms with Gasteiger partial charge in [0.25, 0.3) is 11.8 Å². The Morgan fingerprint density at radius 3 is 2.43 bits per heavy atom. The van der Waals surface area contributed by atoms with E-state index < -0.39 is 0 Å². The Hall–Kier alpha value is -3.41. The van der Waals surface area contributed by atoms with Gasteiger partial charge in [-0.15, -0.1) is 0 Å². The first kappa shape index (κ1) is 19.9. The van der Waals surface area contributed by atoms with E-state index >= 15 is 0 Å². The number of nitrogens with one attached hydrogen (secondary N) is 1. The van der Waals surface area contributed by atoms with E-state index in [2.05, 4.69) is 10.5 Å². The lowest BCUT2D eigenvalue weighted by atomic mass is 10.0. The molecular weight excluding hydrogens is 378 g/mol. The number of rotatable bonds is 4. The van der Waals surface area contributed by atoms with Crippen molar-refractivity contribution in [2.45, 2.75) is 32.7 Å². The summed E-state index contributed by atoms with van der Waals surface area (Å²) in [5, 5.41) is 7.14. The van der Waals surface area contributed by atoms with Gasteiger partial charge in [0, 0.05) is 36.3 Å². The molecule has 6 heteroatoms. The molecule has 0 saturated carbocycles. The Labute approximate surface area is 175 Å². The highest BCUT2D eigenvalue weighted by molar-refractivity contribution is 5.96. The number of carbonyl (C=O) groups is 2. The van der Waals surface area contributed by atoms with Crippen molar-refractivity contribution in [2.75, 3.05) is 13.1 Å². The van der Waals surface area contributed by atoms with E-state index in [1.165, 1.54) is 0 Å². The predicted octanol–water partition coefficient (Wildman–Crippen LogP) is 3.99. The maximum absolute atomic E-state index is 12.8. The van der Waals surface area contributed by atoms with Gasteiger partial charge in [-0.3, -0.25) is 9.59 Å². The standard InChI is InChI=1S/C24H25N3O3/c1-16-7-9-18(10-8-16)21-15-22(30-26-21)24(29)27-13-11-19(12-14-27)25-23(28)20-6-4-3-5-17(20)2/h3-10,15,19H,11-14H2,1-2H3,(H,25,28). The summed E-state index contributed by atoms with van der Waals surface area (Å²) in [4.78, 5) is 27.1. The van der Waals surface area contributed by atoms with Gasteiger partial charge >= 0.3 is 0 Å². The van der Waals surface area contributed by atoms with Gasteiger partial charge in [-0.25, -0.2) is 0 Å². The van der Waals surface area contributed by atoms with Gasteiger partial charge in [0.05, 0.1) is 0 Å². The van der Waals surface area contributed by atoms with E-state index in [0.29, 0.717) is 37.2 Å². The van der Waals surface area contributed by atoms with E-state index in [9.17, 15) is 9.59 Å². The monoisotopic (exact) mass is 403 g/mol. The number of amides is 2. The van der Waals surface area contributed by atoms with Crippen LogP contribution in [-0.2, 0) is 0 Å². The molecule has 1 fully saturated rings. The zero-order chi connectivity index (χ0) is 21.1. The summed E-state index contributed by atoms with van der Waals surface area (Å²) in [6.45, 7) is 5.09. The number of hydrogen-bond donors (Lipinski definition) is 1. The molecule has 0 bridgehead atoms. The first-order valence-electron chi connectivity index (χ1n) is 10.2. The third-order valence-corrected chi connectivity index (χ3v) is 5.58. The summed E-state index contributed by atoms with van der Waals surface area (Å²) < 4.78 is 5.32. The van der Waals surface area contributed by atoms with Gasteiger partial charge < -0.3 is 14.7 Å². The van der Waals surface area contributed by atoms with Crippen molar-refractivity contribution < 1.29 is 14.1 Å². The molecule has 30 heavy (non-hydrogen) atoms. The van der Waals surface area contributed by atoms with E-state index in [4.69, 9.17) is 4.52 Å². The number of benzene rings is 2. The van der Waals surface area contributed by atoms with Crippen LogP contribution in [0, 0.1) is 13.8 Å². The Balaban J connectivity index is 1.34. The lowest BCUT2D eigenvalue weighted by Crippen LogP contribution is -2.46. The van der Waals surface area contributed by atoms with E-state index in [0.717, 1.165) is 16.7 Å². The van der Waals surface area contributed by atoms with Crippen molar-refractivity contribution in [3.05, 3.63) is 77.0 Å². The van der Waals surface area contributed by atoms with Crippen molar-refractivity contribution in [1.29, 1.82) is 0 Å². The van der Waals surface area contributed by atoms with Crippen LogP contribution in [0.15, 0.2) is 59.1 Å². The SMILES string of the molecule is Cc1ccc(-c2cc(C(=O)N3CCC(NC(=O)c4ccccc4C)CC3)on2)cc1. The molecule has 0 spiro atoms. The number of nitrogens with zero attached hydrogens (tertiary/aromatic N) is 2. The summed E-state index contributed by atoms with van der Waals surface area (Å²) in [6.07, 6.45) is 1.42. The van der Waals surface area contributed by atoms with Crippen LogP contribution in [0.1, 0.15) is 44.9 Å². The maximum atomic E-state index is 12.8. The Bertz CT molecular complexity index is 1050. The topological polar surface area (TPSA) is 75.4 Å². The van der Waals surface area contributed by atoms with Crippen LogP contribution in [0.2, 0.25) is 0 Å². The molecule has 2 amide bonds. The Kier molecular flexibility index (Phi) is 5.65. The van der Waals surface area contributed by atoms with Crippen LogP contribution in [-0.4, -0.2) is 41.0 Å². The molecule has 0 aliphatic carbocycles. The number of carbonyl (C=O) groups excluding carboxylic acids is 2. The van der Waals surface area contributed by atoms with Gasteiger partial charge in [0.1, 0.15) is 5.69 Å². The summed E-state index contributed by atoms with van der Waals surface area (Å²) in [5.74, 6) is 0.0216. The molecule has 0 unspecified atom stereocenters. The maximum Gasteiger partial charge on any atom is 0.292 e. The molecule has 2 heterocycles. The van der Waals surface area contributed by atoms with Gasteiger partial charge in [-0.05, 0) is 38.3 Å². The van der Waals surface area contributed by atoms with E-state index in [1.54, 1.807) is 11.0 Å². The third-order valence-electron chi connectivity index (χ3n) is 5.58. The second kappa shape index (κ2) is 8.53. The number of likely N-dealkylation sites (tertiary alicyclic amines) is 1. The summed E-state index contributed by atoms with van der Waals surface area (Å²) >= 11 is 0. The number of aromatic nitrogens is 1. The van der Waals surface area contributed by atoms with Crippen molar-refractivity contribution >= 4 is 11.8 Å². The highest BCUT2D eigenvalue weighted by atomic mass is 16.5. The molecule has 1 saturated heterocycles. The van der Waals surface area contributed by atoms with Crippen LogP contribution in [0.3, 0.4) is 0 Å². The number of aryl methyl sites for hydroxylation is 2. The molecule has 1 aliphatic rings. The molecule has 1 N–H and O–H groups in total. The quantitative estimate of drug-likeness (QED) is 0.715. The van der Waals surface area contributed by atoms with Crippen molar-refractivity contribution in [1.82, 2.24) is 15.4 Å². The number of piperidine rings is 1. The third kappa shape index (κ3) is 4.27. The van der Waals surface area contributed by atoms with Gasteiger partial charge in [0.15, 0.2) is 0 Å². The lowest BCUT2D eigenvalue weighted by molar-refractivity contribution is 0.0658. The van der Waals surface area contributed by atoms with Gasteiger partial charge in [-0.1, -0.05) is 53.2 Å². The molecule has 2 aromatic carbocycles. The van der Waals surface area contributed by atoms with E-state index in [-0.39, 0.29) is 23.6 Å². The fourth-order valence-corrected chi connectivity index (χ4v) is 3.71. The van der Waals surface area contributed by atoms with Crippen LogP contribution >= 0.6 is 0 Å². The molecule has 0 radical (unpaired) electrons. The Morgan fingerprint density at radius 1 is 1.03 bits per heavy atom. The zero-order valence-electron chi connectivity index (χ0n) is 17.2. The lowest BCUT2D eigenvalue weighted by Gasteiger charge is -2.31. The highest BCUT2D eigenvalue weighted by Crippen LogP contribution is 2.22. The van der Waals surface area contributed by atoms with Crippen LogP contribution in [0.4, 0.5) is 0 Å². The largest absolute Gasteiger partial charge is 0.350 e. The molecule has 1 aromatic heterocycles. The van der Waals surface area contributed by atoms with E-state index in [1.807, 2.05) is 62.4 Å². The smallest absolute Gasteiger partial charge is 0.292 e. The highest BCUT2D eigenvalue weighted by Gasteiger charge is 2.27. The Morgan fingerprint density at radius 2 is 1.73 bits per heavy atom. The molecule has 4 rings (SSSR count). The normalized spacial score (nSPS) is 14.5. The fraction of sp³-hybridized carbons (Fsp3) is 0.292. The predicted molar refractivity (Wildman–Crippen MR) is 114 cm³/mol. The zero-order valence-corrected chi connectivity index (χ0v) is 17.2. The average molecular weight is 403 g/mol. The number of hydrogen-bond acceptors (Lipinski definition) is 4. The molecule has 0 atom stereocenters. The van der Waals surface area contributed by atoms with Gasteiger partial charge in [-0.2, -0.15) is 0 Å². The summed E-state index contributed by atoms with van der Waals surface area (Å²) in [7, 11) is 0. The first-order valence-corrected chi connectivity index (χ1v) is 10.2. The van der Waals surface area contributed by atoms with Gasteiger partial charge in [0.2, 0.25) is 5.76 Å². The molecule has 6 nitrogen and oxygen atoms in total. The fourth-order valence-electron chi connectivity index (χ4n) is 3.71. The molecule has 3 aromatic rings. The first-order chi connectivity index (χ1) is 14.5. The minimum absolute atomic E-state index is 0.0546. The summed E-state index contributed by atoms with van der Waals surface area (Å²) in [5.41, 5.74) is 4.38. The van der Waals surface area contributed by atoms with Crippen LogP contribution < -0.4 is 5.32 Å². The second-order valence-corrected chi connectivity index (χ2v) is 7.80. The molecule has 1 aliphatic heterocycles. The van der Waals surface area contributed by atoms with Crippen molar-refractivity contribution in [3.63, 3.8) is 0 Å².